The van der Waals surface area contributed by atoms with Crippen molar-refractivity contribution in [3.8, 4) is 11.5 Å². The third-order valence-electron chi connectivity index (χ3n) is 5.91. The zero-order valence-corrected chi connectivity index (χ0v) is 14.2. The van der Waals surface area contributed by atoms with Gasteiger partial charge in [-0.2, -0.15) is 4.98 Å². The lowest BCUT2D eigenvalue weighted by molar-refractivity contribution is -0.0219. The third-order valence-corrected chi connectivity index (χ3v) is 5.91. The summed E-state index contributed by atoms with van der Waals surface area (Å²) in [6.45, 7) is 2.68. The quantitative estimate of drug-likeness (QED) is 0.913. The lowest BCUT2D eigenvalue weighted by atomic mass is 9.62. The number of hydrogen-bond acceptors (Lipinski definition) is 5. The lowest BCUT2D eigenvalue weighted by Gasteiger charge is -2.53. The number of piperidine rings is 1. The van der Waals surface area contributed by atoms with Gasteiger partial charge in [-0.05, 0) is 56.3 Å². The van der Waals surface area contributed by atoms with Gasteiger partial charge in [-0.25, -0.2) is 0 Å². The maximum absolute atomic E-state index is 6.16. The molecule has 2 heterocycles. The lowest BCUT2D eigenvalue weighted by Crippen LogP contribution is -2.56. The Bertz CT molecular complexity index is 660. The molecule has 0 radical (unpaired) electrons. The molecule has 1 aromatic heterocycles. The molecule has 128 valence electrons. The summed E-state index contributed by atoms with van der Waals surface area (Å²) in [5.74, 6) is 1.39. The molecule has 1 aliphatic heterocycles. The maximum atomic E-state index is 6.16. The minimum atomic E-state index is 0.326. The van der Waals surface area contributed by atoms with Crippen LogP contribution in [0.3, 0.4) is 0 Å². The summed E-state index contributed by atoms with van der Waals surface area (Å²) in [5.41, 5.74) is 7.46. The van der Waals surface area contributed by atoms with Crippen LogP contribution in [0, 0.1) is 5.41 Å². The van der Waals surface area contributed by atoms with Crippen molar-refractivity contribution >= 4 is 0 Å². The third kappa shape index (κ3) is 2.87. The Kier molecular flexibility index (Phi) is 4.37. The predicted octanol–water partition coefficient (Wildman–Crippen LogP) is 3.22. The molecule has 0 amide bonds. The number of benzene rings is 1. The van der Waals surface area contributed by atoms with E-state index in [0.29, 0.717) is 17.3 Å². The van der Waals surface area contributed by atoms with E-state index in [1.807, 2.05) is 30.3 Å². The van der Waals surface area contributed by atoms with Crippen molar-refractivity contribution in [2.24, 2.45) is 11.1 Å². The zero-order chi connectivity index (χ0) is 16.4. The molecule has 4 rings (SSSR count). The average molecular weight is 326 g/mol. The number of rotatable bonds is 5. The highest BCUT2D eigenvalue weighted by Crippen LogP contribution is 2.47. The number of likely N-dealkylation sites (tertiary alicyclic amines) is 1. The largest absolute Gasteiger partial charge is 0.334 e. The van der Waals surface area contributed by atoms with Crippen molar-refractivity contribution < 1.29 is 4.52 Å². The van der Waals surface area contributed by atoms with Gasteiger partial charge >= 0.3 is 0 Å². The van der Waals surface area contributed by atoms with Gasteiger partial charge in [0.25, 0.3) is 5.89 Å². The van der Waals surface area contributed by atoms with Gasteiger partial charge in [0.15, 0.2) is 5.82 Å². The molecule has 5 heteroatoms. The Morgan fingerprint density at radius 1 is 1.17 bits per heavy atom. The number of nitrogens with zero attached hydrogens (tertiary/aromatic N) is 3. The van der Waals surface area contributed by atoms with Crippen molar-refractivity contribution in [1.29, 1.82) is 0 Å². The van der Waals surface area contributed by atoms with E-state index in [9.17, 15) is 0 Å². The van der Waals surface area contributed by atoms with E-state index in [2.05, 4.69) is 15.0 Å². The first-order chi connectivity index (χ1) is 11.8. The van der Waals surface area contributed by atoms with E-state index < -0.39 is 0 Å². The molecule has 0 bridgehead atoms. The van der Waals surface area contributed by atoms with Crippen LogP contribution in [-0.4, -0.2) is 34.2 Å². The van der Waals surface area contributed by atoms with Crippen LogP contribution in [-0.2, 0) is 6.54 Å². The summed E-state index contributed by atoms with van der Waals surface area (Å²) in [5, 5.41) is 4.21. The molecule has 1 aliphatic carbocycles. The molecule has 2 aliphatic rings. The molecule has 2 fully saturated rings. The molecule has 1 atom stereocenters. The van der Waals surface area contributed by atoms with Crippen LogP contribution < -0.4 is 5.73 Å². The van der Waals surface area contributed by atoms with Crippen LogP contribution in [0.1, 0.15) is 44.3 Å². The van der Waals surface area contributed by atoms with Crippen molar-refractivity contribution in [3.05, 3.63) is 36.2 Å². The van der Waals surface area contributed by atoms with Crippen LogP contribution in [0.5, 0.6) is 0 Å². The molecule has 2 aromatic rings. The zero-order valence-electron chi connectivity index (χ0n) is 14.2. The fraction of sp³-hybridized carbons (Fsp3) is 0.579. The van der Waals surface area contributed by atoms with Crippen LogP contribution in [0.4, 0.5) is 0 Å². The Labute approximate surface area is 143 Å². The second kappa shape index (κ2) is 6.65. The van der Waals surface area contributed by atoms with Gasteiger partial charge in [0.1, 0.15) is 0 Å². The van der Waals surface area contributed by atoms with Crippen molar-refractivity contribution in [2.45, 2.75) is 51.1 Å². The van der Waals surface area contributed by atoms with Gasteiger partial charge in [-0.15, -0.1) is 0 Å². The first-order valence-corrected chi connectivity index (χ1v) is 9.13. The summed E-state index contributed by atoms with van der Waals surface area (Å²) in [6.07, 6.45) is 7.67. The molecule has 24 heavy (non-hydrogen) atoms. The summed E-state index contributed by atoms with van der Waals surface area (Å²) >= 11 is 0. The highest BCUT2D eigenvalue weighted by molar-refractivity contribution is 5.51. The summed E-state index contributed by atoms with van der Waals surface area (Å²) in [4.78, 5) is 7.16. The van der Waals surface area contributed by atoms with Gasteiger partial charge in [0, 0.05) is 11.6 Å². The topological polar surface area (TPSA) is 68.2 Å². The monoisotopic (exact) mass is 326 g/mol. The second-order valence-electron chi connectivity index (χ2n) is 7.28. The van der Waals surface area contributed by atoms with Gasteiger partial charge < -0.3 is 10.3 Å². The fourth-order valence-corrected chi connectivity index (χ4v) is 4.38. The summed E-state index contributed by atoms with van der Waals surface area (Å²) < 4.78 is 5.47. The first-order valence-electron chi connectivity index (χ1n) is 9.13. The number of aromatic nitrogens is 2. The van der Waals surface area contributed by atoms with Crippen molar-refractivity contribution in [1.82, 2.24) is 15.0 Å². The van der Waals surface area contributed by atoms with Gasteiger partial charge in [0.2, 0.25) is 0 Å². The second-order valence-corrected chi connectivity index (χ2v) is 7.28. The average Bonchev–Trinajstić information content (AvgIpc) is 3.05. The Morgan fingerprint density at radius 2 is 2.00 bits per heavy atom. The molecule has 0 spiro atoms. The van der Waals surface area contributed by atoms with Crippen LogP contribution in [0.15, 0.2) is 34.9 Å². The molecule has 1 aromatic carbocycles. The van der Waals surface area contributed by atoms with Crippen molar-refractivity contribution in [3.63, 3.8) is 0 Å². The molecular weight excluding hydrogens is 300 g/mol. The molecule has 1 saturated carbocycles. The Balaban J connectivity index is 1.50. The molecular formula is C19H26N4O. The summed E-state index contributed by atoms with van der Waals surface area (Å²) in [6, 6.07) is 10.5. The number of hydrogen-bond donors (Lipinski definition) is 1. The summed E-state index contributed by atoms with van der Waals surface area (Å²) in [7, 11) is 0. The molecule has 5 nitrogen and oxygen atoms in total. The van der Waals surface area contributed by atoms with E-state index >= 15 is 0 Å². The van der Waals surface area contributed by atoms with E-state index in [0.717, 1.165) is 31.0 Å². The minimum absolute atomic E-state index is 0.326. The normalized spacial score (nSPS) is 23.8. The van der Waals surface area contributed by atoms with Crippen LogP contribution in [0.25, 0.3) is 11.5 Å². The van der Waals surface area contributed by atoms with Crippen LogP contribution in [0.2, 0.25) is 0 Å². The molecule has 1 unspecified atom stereocenters. The van der Waals surface area contributed by atoms with Crippen LogP contribution >= 0.6 is 0 Å². The Hall–Kier alpha value is -1.72. The molecule has 1 saturated heterocycles. The first kappa shape index (κ1) is 15.8. The van der Waals surface area contributed by atoms with Gasteiger partial charge in [0.05, 0.1) is 6.54 Å². The van der Waals surface area contributed by atoms with E-state index in [4.69, 9.17) is 10.3 Å². The van der Waals surface area contributed by atoms with E-state index in [-0.39, 0.29) is 0 Å². The van der Waals surface area contributed by atoms with E-state index in [1.54, 1.807) is 0 Å². The highest BCUT2D eigenvalue weighted by Gasteiger charge is 2.46. The standard InChI is InChI=1S/C19H26N4O/c20-14-19(10-6-11-19)16-9-4-5-12-23(16)13-17-21-18(24-22-17)15-7-2-1-3-8-15/h1-3,7-8,16H,4-6,9-14,20H2. The van der Waals surface area contributed by atoms with Gasteiger partial charge in [-0.1, -0.05) is 36.2 Å². The highest BCUT2D eigenvalue weighted by atomic mass is 16.5. The van der Waals surface area contributed by atoms with Crippen molar-refractivity contribution in [2.75, 3.05) is 13.1 Å². The van der Waals surface area contributed by atoms with Gasteiger partial charge in [-0.3, -0.25) is 4.90 Å². The smallest absolute Gasteiger partial charge is 0.257 e. The maximum Gasteiger partial charge on any atom is 0.257 e. The predicted molar refractivity (Wildman–Crippen MR) is 93.1 cm³/mol. The minimum Gasteiger partial charge on any atom is -0.334 e. The fourth-order valence-electron chi connectivity index (χ4n) is 4.38. The number of nitrogens with two attached hydrogens (primary N) is 1. The SMILES string of the molecule is NCC1(C2CCCCN2Cc2noc(-c3ccccc3)n2)CCC1. The Morgan fingerprint density at radius 3 is 2.71 bits per heavy atom. The van der Waals surface area contributed by atoms with E-state index in [1.165, 1.54) is 38.5 Å². The molecule has 2 N–H and O–H groups in total.